The fourth-order valence-corrected chi connectivity index (χ4v) is 2.99. The first-order valence-electron chi connectivity index (χ1n) is 6.84. The predicted octanol–water partition coefficient (Wildman–Crippen LogP) is 2.64. The van der Waals surface area contributed by atoms with E-state index in [9.17, 15) is 13.2 Å². The Bertz CT molecular complexity index is 480. The van der Waals surface area contributed by atoms with Crippen LogP contribution in [-0.2, 0) is 10.9 Å². The van der Waals surface area contributed by atoms with Gasteiger partial charge < -0.3 is 9.64 Å². The first-order valence-corrected chi connectivity index (χ1v) is 6.84. The van der Waals surface area contributed by atoms with Crippen molar-refractivity contribution in [2.45, 2.75) is 44.0 Å². The summed E-state index contributed by atoms with van der Waals surface area (Å²) in [6.07, 6.45) is 0.535. The average molecular weight is 287 g/mol. The molecule has 110 valence electrons. The number of fused-ring (bicyclic) bond motifs is 1. The first-order chi connectivity index (χ1) is 9.55. The second kappa shape index (κ2) is 5.20. The monoisotopic (exact) mass is 287 g/mol. The Labute approximate surface area is 115 Å². The number of hydrogen-bond donors (Lipinski definition) is 0. The number of hydrogen-bond acceptors (Lipinski definition) is 4. The highest BCUT2D eigenvalue weighted by Crippen LogP contribution is 2.33. The minimum absolute atomic E-state index is 0.0932. The van der Waals surface area contributed by atoms with E-state index in [0.29, 0.717) is 13.2 Å². The van der Waals surface area contributed by atoms with E-state index >= 15 is 0 Å². The third kappa shape index (κ3) is 2.59. The standard InChI is InChI=1S/C13H16F3N3O/c14-13(15,16)11-5-6-17-12(18-11)19-7-2-8-20-10-4-1-3-9(10)19/h5-6,9-10H,1-4,7-8H2/t9-,10+/m1/s1. The van der Waals surface area contributed by atoms with Crippen LogP contribution < -0.4 is 4.90 Å². The zero-order valence-corrected chi connectivity index (χ0v) is 10.9. The minimum atomic E-state index is -4.44. The number of nitrogens with zero attached hydrogens (tertiary/aromatic N) is 3. The molecule has 0 bridgehead atoms. The average Bonchev–Trinajstić information content (AvgIpc) is 2.78. The van der Waals surface area contributed by atoms with Crippen LogP contribution in [0.1, 0.15) is 31.4 Å². The Hall–Kier alpha value is -1.37. The van der Waals surface area contributed by atoms with Crippen LogP contribution in [0, 0.1) is 0 Å². The predicted molar refractivity (Wildman–Crippen MR) is 66.4 cm³/mol. The molecule has 1 saturated heterocycles. The number of anilines is 1. The van der Waals surface area contributed by atoms with Crippen LogP contribution in [0.15, 0.2) is 12.3 Å². The van der Waals surface area contributed by atoms with Crippen LogP contribution in [-0.4, -0.2) is 35.3 Å². The molecule has 1 saturated carbocycles. The summed E-state index contributed by atoms with van der Waals surface area (Å²) in [5, 5.41) is 0. The van der Waals surface area contributed by atoms with Gasteiger partial charge in [0.05, 0.1) is 12.1 Å². The molecule has 2 aliphatic rings. The molecule has 2 atom stereocenters. The third-order valence-electron chi connectivity index (χ3n) is 3.88. The number of rotatable bonds is 1. The Balaban J connectivity index is 1.90. The quantitative estimate of drug-likeness (QED) is 0.796. The highest BCUT2D eigenvalue weighted by atomic mass is 19.4. The molecule has 0 unspecified atom stereocenters. The number of ether oxygens (including phenoxy) is 1. The van der Waals surface area contributed by atoms with Gasteiger partial charge >= 0.3 is 6.18 Å². The molecule has 20 heavy (non-hydrogen) atoms. The van der Waals surface area contributed by atoms with Gasteiger partial charge in [-0.25, -0.2) is 9.97 Å². The van der Waals surface area contributed by atoms with Crippen molar-refractivity contribution >= 4 is 5.95 Å². The third-order valence-corrected chi connectivity index (χ3v) is 3.88. The van der Waals surface area contributed by atoms with Crippen LogP contribution in [0.25, 0.3) is 0 Å². The van der Waals surface area contributed by atoms with E-state index in [1.807, 2.05) is 4.90 Å². The van der Waals surface area contributed by atoms with Gasteiger partial charge in [0.2, 0.25) is 5.95 Å². The fourth-order valence-electron chi connectivity index (χ4n) is 2.99. The van der Waals surface area contributed by atoms with Crippen LogP contribution >= 0.6 is 0 Å². The van der Waals surface area contributed by atoms with E-state index in [0.717, 1.165) is 31.7 Å². The van der Waals surface area contributed by atoms with Gasteiger partial charge in [0, 0.05) is 19.3 Å². The molecule has 0 aromatic carbocycles. The van der Waals surface area contributed by atoms with E-state index in [1.165, 1.54) is 6.20 Å². The van der Waals surface area contributed by atoms with Crippen molar-refractivity contribution in [3.8, 4) is 0 Å². The molecule has 1 aromatic rings. The van der Waals surface area contributed by atoms with Crippen LogP contribution in [0.4, 0.5) is 19.1 Å². The van der Waals surface area contributed by atoms with E-state index in [4.69, 9.17) is 4.74 Å². The van der Waals surface area contributed by atoms with E-state index < -0.39 is 11.9 Å². The normalized spacial score (nSPS) is 27.2. The maximum Gasteiger partial charge on any atom is 0.433 e. The molecule has 2 fully saturated rings. The van der Waals surface area contributed by atoms with Crippen molar-refractivity contribution in [2.75, 3.05) is 18.1 Å². The van der Waals surface area contributed by atoms with Crippen LogP contribution in [0.2, 0.25) is 0 Å². The second-order valence-corrected chi connectivity index (χ2v) is 5.19. The molecule has 1 aromatic heterocycles. The van der Waals surface area contributed by atoms with Crippen molar-refractivity contribution in [2.24, 2.45) is 0 Å². The van der Waals surface area contributed by atoms with Crippen molar-refractivity contribution in [3.63, 3.8) is 0 Å². The van der Waals surface area contributed by atoms with E-state index in [2.05, 4.69) is 9.97 Å². The molecule has 2 heterocycles. The molecule has 0 N–H and O–H groups in total. The maximum atomic E-state index is 12.7. The number of aromatic nitrogens is 2. The van der Waals surface area contributed by atoms with Gasteiger partial charge in [0.15, 0.2) is 0 Å². The van der Waals surface area contributed by atoms with Gasteiger partial charge in [-0.3, -0.25) is 0 Å². The summed E-state index contributed by atoms with van der Waals surface area (Å²) in [5.41, 5.74) is -0.887. The molecule has 4 nitrogen and oxygen atoms in total. The molecule has 0 amide bonds. The van der Waals surface area contributed by atoms with Crippen molar-refractivity contribution in [3.05, 3.63) is 18.0 Å². The molecule has 0 spiro atoms. The largest absolute Gasteiger partial charge is 0.433 e. The Morgan fingerprint density at radius 1 is 1.25 bits per heavy atom. The first kappa shape index (κ1) is 13.6. The molecular weight excluding hydrogens is 271 g/mol. The zero-order valence-electron chi connectivity index (χ0n) is 10.9. The van der Waals surface area contributed by atoms with Crippen molar-refractivity contribution < 1.29 is 17.9 Å². The molecular formula is C13H16F3N3O. The SMILES string of the molecule is FC(F)(F)c1ccnc(N2CCCO[C@H]3CCC[C@H]32)n1. The maximum absolute atomic E-state index is 12.7. The summed E-state index contributed by atoms with van der Waals surface area (Å²) < 4.78 is 44.0. The topological polar surface area (TPSA) is 38.2 Å². The fraction of sp³-hybridized carbons (Fsp3) is 0.692. The van der Waals surface area contributed by atoms with Gasteiger partial charge in [-0.2, -0.15) is 13.2 Å². The van der Waals surface area contributed by atoms with Crippen LogP contribution in [0.3, 0.4) is 0 Å². The Morgan fingerprint density at radius 2 is 2.10 bits per heavy atom. The van der Waals surface area contributed by atoms with Gasteiger partial charge in [0.25, 0.3) is 0 Å². The van der Waals surface area contributed by atoms with Gasteiger partial charge in [-0.1, -0.05) is 0 Å². The summed E-state index contributed by atoms with van der Waals surface area (Å²) in [4.78, 5) is 9.63. The lowest BCUT2D eigenvalue weighted by Gasteiger charge is -2.30. The molecule has 0 radical (unpaired) electrons. The molecule has 3 rings (SSSR count). The highest BCUT2D eigenvalue weighted by Gasteiger charge is 2.37. The van der Waals surface area contributed by atoms with Crippen LogP contribution in [0.5, 0.6) is 0 Å². The second-order valence-electron chi connectivity index (χ2n) is 5.19. The van der Waals surface area contributed by atoms with Crippen molar-refractivity contribution in [1.29, 1.82) is 0 Å². The lowest BCUT2D eigenvalue weighted by atomic mass is 10.2. The summed E-state index contributed by atoms with van der Waals surface area (Å²) >= 11 is 0. The van der Waals surface area contributed by atoms with Crippen molar-refractivity contribution in [1.82, 2.24) is 9.97 Å². The number of halogens is 3. The summed E-state index contributed by atoms with van der Waals surface area (Å²) in [7, 11) is 0. The lowest BCUT2D eigenvalue weighted by Crippen LogP contribution is -2.41. The highest BCUT2D eigenvalue weighted by molar-refractivity contribution is 5.34. The Kier molecular flexibility index (Phi) is 3.54. The van der Waals surface area contributed by atoms with E-state index in [-0.39, 0.29) is 18.1 Å². The summed E-state index contributed by atoms with van der Waals surface area (Å²) in [6, 6.07) is 1.00. The van der Waals surface area contributed by atoms with Gasteiger partial charge in [-0.15, -0.1) is 0 Å². The lowest BCUT2D eigenvalue weighted by molar-refractivity contribution is -0.141. The zero-order chi connectivity index (χ0) is 14.2. The Morgan fingerprint density at radius 3 is 2.90 bits per heavy atom. The number of alkyl halides is 3. The molecule has 7 heteroatoms. The van der Waals surface area contributed by atoms with E-state index in [1.54, 1.807) is 0 Å². The summed E-state index contributed by atoms with van der Waals surface area (Å²) in [6.45, 7) is 1.29. The molecule has 1 aliphatic heterocycles. The smallest absolute Gasteiger partial charge is 0.376 e. The van der Waals surface area contributed by atoms with Gasteiger partial charge in [-0.05, 0) is 31.7 Å². The molecule has 1 aliphatic carbocycles. The summed E-state index contributed by atoms with van der Waals surface area (Å²) in [5.74, 6) is 0.169. The van der Waals surface area contributed by atoms with Gasteiger partial charge in [0.1, 0.15) is 5.69 Å². The minimum Gasteiger partial charge on any atom is -0.376 e.